The molecule has 1 unspecified atom stereocenters. The summed E-state index contributed by atoms with van der Waals surface area (Å²) in [6.45, 7) is 2.20. The van der Waals surface area contributed by atoms with E-state index >= 15 is 0 Å². The van der Waals surface area contributed by atoms with Crippen LogP contribution in [0.25, 0.3) is 6.08 Å². The second kappa shape index (κ2) is 3.97. The van der Waals surface area contributed by atoms with Gasteiger partial charge in [0.2, 0.25) is 0 Å². The molecule has 1 aromatic carbocycles. The van der Waals surface area contributed by atoms with Gasteiger partial charge in [0, 0.05) is 7.11 Å². The molecule has 2 rings (SSSR count). The smallest absolute Gasteiger partial charge is 0.104 e. The van der Waals surface area contributed by atoms with Gasteiger partial charge in [-0.05, 0) is 23.1 Å². The van der Waals surface area contributed by atoms with Gasteiger partial charge in [-0.2, -0.15) is 0 Å². The zero-order valence-corrected chi connectivity index (χ0v) is 8.79. The van der Waals surface area contributed by atoms with Crippen LogP contribution in [0.1, 0.15) is 37.0 Å². The number of rotatable bonds is 3. The standard InChI is InChI=1S/C13H16O/c1-3-6-11-9-10-7-4-5-8-12(10)13(11)14-2/h4-5,7-9,13H,3,6H2,1-2H3. The van der Waals surface area contributed by atoms with Crippen molar-refractivity contribution in [1.29, 1.82) is 0 Å². The molecule has 0 N–H and O–H groups in total. The first-order valence-corrected chi connectivity index (χ1v) is 5.19. The Balaban J connectivity index is 2.34. The Morgan fingerprint density at radius 3 is 2.79 bits per heavy atom. The van der Waals surface area contributed by atoms with E-state index in [1.165, 1.54) is 23.1 Å². The number of fused-ring (bicyclic) bond motifs is 1. The van der Waals surface area contributed by atoms with Crippen LogP contribution in [0.3, 0.4) is 0 Å². The van der Waals surface area contributed by atoms with Crippen molar-refractivity contribution in [2.75, 3.05) is 7.11 Å². The van der Waals surface area contributed by atoms with Crippen molar-refractivity contribution >= 4 is 6.08 Å². The molecule has 0 amide bonds. The van der Waals surface area contributed by atoms with Gasteiger partial charge in [-0.1, -0.05) is 43.7 Å². The summed E-state index contributed by atoms with van der Waals surface area (Å²) in [4.78, 5) is 0. The predicted molar refractivity (Wildman–Crippen MR) is 59.1 cm³/mol. The largest absolute Gasteiger partial charge is 0.372 e. The molecule has 1 aliphatic carbocycles. The van der Waals surface area contributed by atoms with E-state index in [9.17, 15) is 0 Å². The van der Waals surface area contributed by atoms with Crippen LogP contribution in [0.5, 0.6) is 0 Å². The topological polar surface area (TPSA) is 9.23 Å². The van der Waals surface area contributed by atoms with Crippen LogP contribution in [0.15, 0.2) is 29.8 Å². The summed E-state index contributed by atoms with van der Waals surface area (Å²) in [6, 6.07) is 8.47. The van der Waals surface area contributed by atoms with E-state index in [4.69, 9.17) is 4.74 Å². The van der Waals surface area contributed by atoms with Crippen molar-refractivity contribution in [3.63, 3.8) is 0 Å². The Morgan fingerprint density at radius 2 is 2.07 bits per heavy atom. The van der Waals surface area contributed by atoms with Crippen molar-refractivity contribution in [3.8, 4) is 0 Å². The lowest BCUT2D eigenvalue weighted by Crippen LogP contribution is -2.00. The Bertz CT molecular complexity index is 352. The fourth-order valence-electron chi connectivity index (χ4n) is 2.13. The van der Waals surface area contributed by atoms with E-state index in [0.29, 0.717) is 0 Å². The summed E-state index contributed by atoms with van der Waals surface area (Å²) >= 11 is 0. The van der Waals surface area contributed by atoms with Gasteiger partial charge in [-0.15, -0.1) is 0 Å². The molecule has 0 saturated heterocycles. The third-order valence-electron chi connectivity index (χ3n) is 2.73. The quantitative estimate of drug-likeness (QED) is 0.704. The van der Waals surface area contributed by atoms with Crippen LogP contribution < -0.4 is 0 Å². The summed E-state index contributed by atoms with van der Waals surface area (Å²) in [5, 5.41) is 0. The monoisotopic (exact) mass is 188 g/mol. The molecule has 0 bridgehead atoms. The maximum Gasteiger partial charge on any atom is 0.104 e. The van der Waals surface area contributed by atoms with Gasteiger partial charge < -0.3 is 4.74 Å². The molecule has 0 spiro atoms. The Labute approximate surface area is 85.4 Å². The van der Waals surface area contributed by atoms with Crippen LogP contribution in [-0.4, -0.2) is 7.11 Å². The SMILES string of the molecule is CCCC1=Cc2ccccc2C1OC. The first-order valence-electron chi connectivity index (χ1n) is 5.19. The molecule has 0 fully saturated rings. The molecule has 1 aliphatic rings. The molecule has 0 aromatic heterocycles. The van der Waals surface area contributed by atoms with Gasteiger partial charge in [-0.3, -0.25) is 0 Å². The van der Waals surface area contributed by atoms with Gasteiger partial charge in [-0.25, -0.2) is 0 Å². The first-order chi connectivity index (χ1) is 6.86. The third kappa shape index (κ3) is 1.48. The minimum atomic E-state index is 0.200. The summed E-state index contributed by atoms with van der Waals surface area (Å²) in [5.41, 5.74) is 4.05. The van der Waals surface area contributed by atoms with E-state index in [1.54, 1.807) is 7.11 Å². The second-order valence-corrected chi connectivity index (χ2v) is 3.71. The summed E-state index contributed by atoms with van der Waals surface area (Å²) in [7, 11) is 1.79. The summed E-state index contributed by atoms with van der Waals surface area (Å²) in [5.74, 6) is 0. The normalized spacial score (nSPS) is 19.3. The van der Waals surface area contributed by atoms with Crippen LogP contribution in [0, 0.1) is 0 Å². The Hall–Kier alpha value is -1.08. The fraction of sp³-hybridized carbons (Fsp3) is 0.385. The lowest BCUT2D eigenvalue weighted by molar-refractivity contribution is 0.133. The average Bonchev–Trinajstić information content (AvgIpc) is 2.55. The molecule has 1 atom stereocenters. The highest BCUT2D eigenvalue weighted by Crippen LogP contribution is 2.38. The van der Waals surface area contributed by atoms with E-state index in [2.05, 4.69) is 37.3 Å². The van der Waals surface area contributed by atoms with Crippen molar-refractivity contribution in [3.05, 3.63) is 41.0 Å². The predicted octanol–water partition coefficient (Wildman–Crippen LogP) is 3.57. The molecule has 0 aliphatic heterocycles. The van der Waals surface area contributed by atoms with E-state index < -0.39 is 0 Å². The van der Waals surface area contributed by atoms with Gasteiger partial charge in [0.05, 0.1) is 0 Å². The van der Waals surface area contributed by atoms with E-state index in [-0.39, 0.29) is 6.10 Å². The molecule has 1 nitrogen and oxygen atoms in total. The lowest BCUT2D eigenvalue weighted by atomic mass is 10.0. The van der Waals surface area contributed by atoms with Crippen molar-refractivity contribution in [1.82, 2.24) is 0 Å². The van der Waals surface area contributed by atoms with E-state index in [1.807, 2.05) is 0 Å². The average molecular weight is 188 g/mol. The number of hydrogen-bond donors (Lipinski definition) is 0. The number of methoxy groups -OCH3 is 1. The van der Waals surface area contributed by atoms with Crippen molar-refractivity contribution in [2.45, 2.75) is 25.9 Å². The Kier molecular flexibility index (Phi) is 2.69. The van der Waals surface area contributed by atoms with Gasteiger partial charge >= 0.3 is 0 Å². The Morgan fingerprint density at radius 1 is 1.29 bits per heavy atom. The van der Waals surface area contributed by atoms with Crippen LogP contribution in [-0.2, 0) is 4.74 Å². The highest BCUT2D eigenvalue weighted by Gasteiger charge is 2.23. The van der Waals surface area contributed by atoms with Crippen LogP contribution in [0.4, 0.5) is 0 Å². The van der Waals surface area contributed by atoms with Crippen LogP contribution in [0.2, 0.25) is 0 Å². The molecule has 14 heavy (non-hydrogen) atoms. The third-order valence-corrected chi connectivity index (χ3v) is 2.73. The maximum atomic E-state index is 5.53. The lowest BCUT2D eigenvalue weighted by Gasteiger charge is -2.14. The van der Waals surface area contributed by atoms with Gasteiger partial charge in [0.25, 0.3) is 0 Å². The number of ether oxygens (including phenoxy) is 1. The number of hydrogen-bond acceptors (Lipinski definition) is 1. The molecule has 1 heteroatoms. The molecular weight excluding hydrogens is 172 g/mol. The number of benzene rings is 1. The first kappa shape index (κ1) is 9.47. The molecule has 0 saturated carbocycles. The maximum absolute atomic E-state index is 5.53. The molecular formula is C13H16O. The zero-order valence-electron chi connectivity index (χ0n) is 8.79. The van der Waals surface area contributed by atoms with Crippen molar-refractivity contribution in [2.24, 2.45) is 0 Å². The van der Waals surface area contributed by atoms with E-state index in [0.717, 1.165) is 6.42 Å². The minimum Gasteiger partial charge on any atom is -0.372 e. The molecule has 1 aromatic rings. The summed E-state index contributed by atoms with van der Waals surface area (Å²) < 4.78 is 5.53. The fourth-order valence-corrected chi connectivity index (χ4v) is 2.13. The van der Waals surface area contributed by atoms with Gasteiger partial charge in [0.1, 0.15) is 6.10 Å². The van der Waals surface area contributed by atoms with Crippen LogP contribution >= 0.6 is 0 Å². The van der Waals surface area contributed by atoms with Gasteiger partial charge in [0.15, 0.2) is 0 Å². The second-order valence-electron chi connectivity index (χ2n) is 3.71. The summed E-state index contributed by atoms with van der Waals surface area (Å²) in [6.07, 6.45) is 4.78. The highest BCUT2D eigenvalue weighted by atomic mass is 16.5. The highest BCUT2D eigenvalue weighted by molar-refractivity contribution is 5.65. The minimum absolute atomic E-state index is 0.200. The zero-order chi connectivity index (χ0) is 9.97. The molecule has 74 valence electrons. The molecule has 0 heterocycles. The van der Waals surface area contributed by atoms with Crippen molar-refractivity contribution < 1.29 is 4.74 Å². The molecule has 0 radical (unpaired) electrons.